The third kappa shape index (κ3) is 4.55. The van der Waals surface area contributed by atoms with Crippen molar-refractivity contribution in [1.29, 1.82) is 0 Å². The second kappa shape index (κ2) is 7.32. The van der Waals surface area contributed by atoms with Crippen LogP contribution in [0.3, 0.4) is 0 Å². The van der Waals surface area contributed by atoms with Crippen molar-refractivity contribution < 1.29 is 14.3 Å². The molecule has 2 atom stereocenters. The Bertz CT molecular complexity index is 622. The summed E-state index contributed by atoms with van der Waals surface area (Å²) in [7, 11) is 0. The molecule has 2 amide bonds. The summed E-state index contributed by atoms with van der Waals surface area (Å²) in [4.78, 5) is 24.6. The Morgan fingerprint density at radius 2 is 1.96 bits per heavy atom. The molecule has 1 aliphatic rings. The second-order valence-electron chi connectivity index (χ2n) is 7.23. The van der Waals surface area contributed by atoms with Crippen LogP contribution in [-0.2, 0) is 14.3 Å². The third-order valence-electron chi connectivity index (χ3n) is 4.03. The van der Waals surface area contributed by atoms with Gasteiger partial charge in [0.05, 0.1) is 12.7 Å². The van der Waals surface area contributed by atoms with Crippen LogP contribution in [0, 0.1) is 12.3 Å². The number of morpholine rings is 1. The maximum absolute atomic E-state index is 12.4. The first-order valence-corrected chi connectivity index (χ1v) is 8.26. The Morgan fingerprint density at radius 3 is 2.58 bits per heavy atom. The number of carbonyl (C=O) groups is 2. The molecule has 132 valence electrons. The van der Waals surface area contributed by atoms with E-state index in [-0.39, 0.29) is 24.0 Å². The van der Waals surface area contributed by atoms with E-state index in [1.165, 1.54) is 0 Å². The summed E-state index contributed by atoms with van der Waals surface area (Å²) in [5, 5.41) is 8.97. The van der Waals surface area contributed by atoms with Gasteiger partial charge < -0.3 is 20.7 Å². The van der Waals surface area contributed by atoms with Crippen molar-refractivity contribution in [3.63, 3.8) is 0 Å². The van der Waals surface area contributed by atoms with E-state index in [4.69, 9.17) is 4.74 Å². The molecule has 6 nitrogen and oxygen atoms in total. The highest BCUT2D eigenvalue weighted by molar-refractivity contribution is 5.98. The number of amides is 2. The van der Waals surface area contributed by atoms with Crippen molar-refractivity contribution in [1.82, 2.24) is 5.32 Å². The summed E-state index contributed by atoms with van der Waals surface area (Å²) < 4.78 is 5.50. The van der Waals surface area contributed by atoms with Crippen molar-refractivity contribution in [3.05, 3.63) is 23.8 Å². The predicted octanol–water partition coefficient (Wildman–Crippen LogP) is 2.30. The van der Waals surface area contributed by atoms with Gasteiger partial charge in [0, 0.05) is 23.3 Å². The van der Waals surface area contributed by atoms with Crippen LogP contribution < -0.4 is 16.0 Å². The summed E-state index contributed by atoms with van der Waals surface area (Å²) in [5.74, 6) is -0.204. The summed E-state index contributed by atoms with van der Waals surface area (Å²) in [5.41, 5.74) is 1.81. The molecule has 1 fully saturated rings. The van der Waals surface area contributed by atoms with Crippen LogP contribution in [0.15, 0.2) is 18.2 Å². The van der Waals surface area contributed by atoms with E-state index in [1.807, 2.05) is 46.8 Å². The summed E-state index contributed by atoms with van der Waals surface area (Å²) in [6, 6.07) is 5.11. The van der Waals surface area contributed by atoms with Gasteiger partial charge in [0.2, 0.25) is 11.8 Å². The van der Waals surface area contributed by atoms with Gasteiger partial charge >= 0.3 is 0 Å². The Balaban J connectivity index is 2.10. The second-order valence-corrected chi connectivity index (χ2v) is 7.23. The number of anilines is 2. The SMILES string of the molecule is Cc1ccc(NC(=O)[C@H]2NCCO[C@@H]2C)cc1NC(=O)C(C)(C)C. The van der Waals surface area contributed by atoms with Crippen LogP contribution in [0.4, 0.5) is 11.4 Å². The number of hydrogen-bond donors (Lipinski definition) is 3. The molecule has 1 aliphatic heterocycles. The molecule has 2 rings (SSSR count). The van der Waals surface area contributed by atoms with E-state index in [1.54, 1.807) is 6.07 Å². The molecule has 0 spiro atoms. The number of nitrogens with one attached hydrogen (secondary N) is 3. The van der Waals surface area contributed by atoms with Gasteiger partial charge in [-0.15, -0.1) is 0 Å². The Morgan fingerprint density at radius 1 is 1.25 bits per heavy atom. The summed E-state index contributed by atoms with van der Waals surface area (Å²) >= 11 is 0. The van der Waals surface area contributed by atoms with Gasteiger partial charge in [0.15, 0.2) is 0 Å². The number of aryl methyl sites for hydroxylation is 1. The van der Waals surface area contributed by atoms with Crippen LogP contribution in [0.5, 0.6) is 0 Å². The van der Waals surface area contributed by atoms with Crippen molar-refractivity contribution in [2.24, 2.45) is 5.41 Å². The molecular weight excluding hydrogens is 306 g/mol. The topological polar surface area (TPSA) is 79.5 Å². The maximum Gasteiger partial charge on any atom is 0.244 e. The van der Waals surface area contributed by atoms with Crippen molar-refractivity contribution in [2.45, 2.75) is 46.8 Å². The van der Waals surface area contributed by atoms with Gasteiger partial charge in [-0.25, -0.2) is 0 Å². The molecule has 0 radical (unpaired) electrons. The Hall–Kier alpha value is -1.92. The fourth-order valence-electron chi connectivity index (χ4n) is 2.39. The summed E-state index contributed by atoms with van der Waals surface area (Å²) in [6.07, 6.45) is -0.177. The van der Waals surface area contributed by atoms with Gasteiger partial charge in [0.25, 0.3) is 0 Å². The summed E-state index contributed by atoms with van der Waals surface area (Å²) in [6.45, 7) is 10.6. The van der Waals surface area contributed by atoms with Crippen LogP contribution in [0.2, 0.25) is 0 Å². The molecule has 24 heavy (non-hydrogen) atoms. The molecule has 1 aromatic carbocycles. The standard InChI is InChI=1S/C18H27N3O3/c1-11-6-7-13(10-14(11)21-17(23)18(3,4)5)20-16(22)15-12(2)24-9-8-19-15/h6-7,10,12,15,19H,8-9H2,1-5H3,(H,20,22)(H,21,23)/t12-,15+/m1/s1. The first-order valence-electron chi connectivity index (χ1n) is 8.26. The quantitative estimate of drug-likeness (QED) is 0.793. The largest absolute Gasteiger partial charge is 0.375 e. The van der Waals surface area contributed by atoms with E-state index in [0.717, 1.165) is 5.56 Å². The molecule has 1 heterocycles. The smallest absolute Gasteiger partial charge is 0.244 e. The molecule has 3 N–H and O–H groups in total. The minimum absolute atomic E-state index is 0.0648. The monoisotopic (exact) mass is 333 g/mol. The predicted molar refractivity (Wildman–Crippen MR) is 95.1 cm³/mol. The lowest BCUT2D eigenvalue weighted by Crippen LogP contribution is -2.53. The number of ether oxygens (including phenoxy) is 1. The van der Waals surface area contributed by atoms with Gasteiger partial charge in [-0.2, -0.15) is 0 Å². The lowest BCUT2D eigenvalue weighted by molar-refractivity contribution is -0.124. The highest BCUT2D eigenvalue weighted by atomic mass is 16.5. The number of carbonyl (C=O) groups excluding carboxylic acids is 2. The van der Waals surface area contributed by atoms with Gasteiger partial charge in [-0.3, -0.25) is 9.59 Å². The van der Waals surface area contributed by atoms with Crippen LogP contribution in [0.1, 0.15) is 33.3 Å². The first-order chi connectivity index (χ1) is 11.2. The minimum atomic E-state index is -0.482. The fourth-order valence-corrected chi connectivity index (χ4v) is 2.39. The molecule has 1 saturated heterocycles. The highest BCUT2D eigenvalue weighted by Gasteiger charge is 2.28. The van der Waals surface area contributed by atoms with Crippen LogP contribution in [0.25, 0.3) is 0 Å². The molecular formula is C18H27N3O3. The molecule has 0 aliphatic carbocycles. The maximum atomic E-state index is 12.4. The van der Waals surface area contributed by atoms with Gasteiger partial charge in [0.1, 0.15) is 6.04 Å². The molecule has 1 aromatic rings. The number of benzene rings is 1. The number of hydrogen-bond acceptors (Lipinski definition) is 4. The zero-order valence-corrected chi connectivity index (χ0v) is 15.0. The lowest BCUT2D eigenvalue weighted by Gasteiger charge is -2.29. The molecule has 0 unspecified atom stereocenters. The van der Waals surface area contributed by atoms with E-state index in [0.29, 0.717) is 24.5 Å². The van der Waals surface area contributed by atoms with Gasteiger partial charge in [-0.1, -0.05) is 26.8 Å². The lowest BCUT2D eigenvalue weighted by atomic mass is 9.95. The van der Waals surface area contributed by atoms with E-state index >= 15 is 0 Å². The molecule has 6 heteroatoms. The molecule has 0 bridgehead atoms. The van der Waals surface area contributed by atoms with Crippen molar-refractivity contribution in [3.8, 4) is 0 Å². The Labute approximate surface area is 143 Å². The number of rotatable bonds is 3. The fraction of sp³-hybridized carbons (Fsp3) is 0.556. The van der Waals surface area contributed by atoms with E-state index < -0.39 is 5.41 Å². The van der Waals surface area contributed by atoms with Crippen molar-refractivity contribution in [2.75, 3.05) is 23.8 Å². The first kappa shape index (κ1) is 18.4. The average Bonchev–Trinajstić information content (AvgIpc) is 2.50. The average molecular weight is 333 g/mol. The third-order valence-corrected chi connectivity index (χ3v) is 4.03. The van der Waals surface area contributed by atoms with Gasteiger partial charge in [-0.05, 0) is 31.5 Å². The molecule has 0 aromatic heterocycles. The van der Waals surface area contributed by atoms with Crippen LogP contribution >= 0.6 is 0 Å². The Kier molecular flexibility index (Phi) is 5.62. The van der Waals surface area contributed by atoms with Crippen molar-refractivity contribution >= 4 is 23.2 Å². The van der Waals surface area contributed by atoms with E-state index in [9.17, 15) is 9.59 Å². The van der Waals surface area contributed by atoms with Crippen LogP contribution in [-0.4, -0.2) is 37.1 Å². The zero-order valence-electron chi connectivity index (χ0n) is 15.0. The normalized spacial score (nSPS) is 21.2. The molecule has 0 saturated carbocycles. The van der Waals surface area contributed by atoms with E-state index in [2.05, 4.69) is 16.0 Å². The minimum Gasteiger partial charge on any atom is -0.375 e. The zero-order chi connectivity index (χ0) is 17.9. The highest BCUT2D eigenvalue weighted by Crippen LogP contribution is 2.24.